The first-order chi connectivity index (χ1) is 15.7. The molecule has 0 fully saturated rings. The molecule has 1 heterocycles. The van der Waals surface area contributed by atoms with Gasteiger partial charge in [-0.25, -0.2) is 18.5 Å². The summed E-state index contributed by atoms with van der Waals surface area (Å²) in [4.78, 5) is 41.5. The summed E-state index contributed by atoms with van der Waals surface area (Å²) in [6.45, 7) is 0.105. The third-order valence-corrected chi connectivity index (χ3v) is 6.01. The maximum Gasteiger partial charge on any atom is 0.273 e. The lowest BCUT2D eigenvalue weighted by molar-refractivity contribution is -0.122. The van der Waals surface area contributed by atoms with Crippen LogP contribution in [0.5, 0.6) is 0 Å². The highest BCUT2D eigenvalue weighted by molar-refractivity contribution is 7.89. The molecule has 1 aromatic heterocycles. The van der Waals surface area contributed by atoms with E-state index in [1.165, 1.54) is 23.7 Å². The van der Waals surface area contributed by atoms with Gasteiger partial charge in [0.15, 0.2) is 0 Å². The first kappa shape index (κ1) is 24.1. The van der Waals surface area contributed by atoms with Crippen LogP contribution in [0.3, 0.4) is 0 Å². The van der Waals surface area contributed by atoms with Crippen LogP contribution in [-0.4, -0.2) is 43.4 Å². The summed E-state index contributed by atoms with van der Waals surface area (Å²) in [6, 6.07) is 13.1. The van der Waals surface area contributed by atoms with Gasteiger partial charge in [-0.2, -0.15) is 0 Å². The van der Waals surface area contributed by atoms with E-state index in [1.54, 1.807) is 36.4 Å². The van der Waals surface area contributed by atoms with Crippen LogP contribution in [0, 0.1) is 0 Å². The van der Waals surface area contributed by atoms with Crippen LogP contribution in [0.15, 0.2) is 58.2 Å². The Balaban J connectivity index is 1.70. The summed E-state index contributed by atoms with van der Waals surface area (Å²) in [6.07, 6.45) is 0.757. The third-order valence-electron chi connectivity index (χ3n) is 5.08. The van der Waals surface area contributed by atoms with E-state index in [4.69, 9.17) is 5.14 Å². The first-order valence-corrected chi connectivity index (χ1v) is 11.8. The van der Waals surface area contributed by atoms with E-state index in [2.05, 4.69) is 15.6 Å². The zero-order valence-corrected chi connectivity index (χ0v) is 18.9. The molecule has 0 atom stereocenters. The molecule has 0 spiro atoms. The first-order valence-electron chi connectivity index (χ1n) is 10.3. The van der Waals surface area contributed by atoms with Gasteiger partial charge in [0, 0.05) is 26.4 Å². The van der Waals surface area contributed by atoms with Crippen molar-refractivity contribution >= 4 is 32.9 Å². The molecule has 0 aliphatic heterocycles. The molecule has 0 saturated carbocycles. The fourth-order valence-corrected chi connectivity index (χ4v) is 3.83. The van der Waals surface area contributed by atoms with Crippen molar-refractivity contribution in [2.75, 3.05) is 13.6 Å². The van der Waals surface area contributed by atoms with Gasteiger partial charge in [-0.3, -0.25) is 19.0 Å². The maximum atomic E-state index is 13.0. The number of benzene rings is 2. The van der Waals surface area contributed by atoms with E-state index in [0.717, 1.165) is 5.56 Å². The van der Waals surface area contributed by atoms with E-state index >= 15 is 0 Å². The molecule has 10 nitrogen and oxygen atoms in total. The Kier molecular flexibility index (Phi) is 7.56. The summed E-state index contributed by atoms with van der Waals surface area (Å²) >= 11 is 0. The van der Waals surface area contributed by atoms with Gasteiger partial charge >= 0.3 is 0 Å². The molecule has 174 valence electrons. The van der Waals surface area contributed by atoms with E-state index < -0.39 is 15.6 Å². The number of rotatable bonds is 9. The predicted molar refractivity (Wildman–Crippen MR) is 123 cm³/mol. The minimum Gasteiger partial charge on any atom is -0.359 e. The van der Waals surface area contributed by atoms with Crippen molar-refractivity contribution in [2.24, 2.45) is 5.14 Å². The fourth-order valence-electron chi connectivity index (χ4n) is 3.31. The average molecular weight is 472 g/mol. The SMILES string of the molecule is CNC(=O)CCc1nc2ccccc2n(CC(=O)NCCc2ccc(S(N)(=O)=O)cc2)c1=O. The standard InChI is InChI=1S/C22H25N5O5S/c1-24-20(28)11-10-18-22(30)27(19-5-3-2-4-17(19)26-18)14-21(29)25-13-12-15-6-8-16(9-7-15)33(23,31)32/h2-9H,10-14H2,1H3,(H,24,28)(H,25,29)(H2,23,31,32). The molecule has 0 aliphatic carbocycles. The molecule has 2 amide bonds. The molecule has 3 rings (SSSR count). The van der Waals surface area contributed by atoms with E-state index in [1.807, 2.05) is 0 Å². The lowest BCUT2D eigenvalue weighted by Crippen LogP contribution is -2.35. The number of nitrogens with two attached hydrogens (primary N) is 1. The zero-order chi connectivity index (χ0) is 24.0. The number of aromatic nitrogens is 2. The molecule has 0 saturated heterocycles. The van der Waals surface area contributed by atoms with Gasteiger partial charge in [-0.1, -0.05) is 24.3 Å². The van der Waals surface area contributed by atoms with Gasteiger partial charge in [-0.15, -0.1) is 0 Å². The van der Waals surface area contributed by atoms with E-state index in [9.17, 15) is 22.8 Å². The molecule has 0 aliphatic rings. The number of primary sulfonamides is 1. The highest BCUT2D eigenvalue weighted by Crippen LogP contribution is 2.11. The highest BCUT2D eigenvalue weighted by atomic mass is 32.2. The van der Waals surface area contributed by atoms with Crippen LogP contribution in [-0.2, 0) is 39.0 Å². The molecule has 3 aromatic rings. The molecular weight excluding hydrogens is 446 g/mol. The Hall–Kier alpha value is -3.57. The van der Waals surface area contributed by atoms with Crippen molar-refractivity contribution in [3.05, 3.63) is 70.1 Å². The molecule has 11 heteroatoms. The number of nitrogens with zero attached hydrogens (tertiary/aromatic N) is 2. The summed E-state index contributed by atoms with van der Waals surface area (Å²) in [5.74, 6) is -0.558. The number of aryl methyl sites for hydroxylation is 1. The molecule has 0 bridgehead atoms. The molecule has 0 radical (unpaired) electrons. The van der Waals surface area contributed by atoms with Crippen LogP contribution in [0.1, 0.15) is 17.7 Å². The minimum atomic E-state index is -3.75. The van der Waals surface area contributed by atoms with Crippen molar-refractivity contribution in [2.45, 2.75) is 30.7 Å². The maximum absolute atomic E-state index is 13.0. The smallest absolute Gasteiger partial charge is 0.273 e. The second-order valence-electron chi connectivity index (χ2n) is 7.40. The van der Waals surface area contributed by atoms with Gasteiger partial charge in [0.2, 0.25) is 21.8 Å². The monoisotopic (exact) mass is 471 g/mol. The van der Waals surface area contributed by atoms with Gasteiger partial charge in [0.05, 0.1) is 15.9 Å². The third kappa shape index (κ3) is 6.24. The largest absolute Gasteiger partial charge is 0.359 e. The second-order valence-corrected chi connectivity index (χ2v) is 8.96. The lowest BCUT2D eigenvalue weighted by Gasteiger charge is -2.12. The van der Waals surface area contributed by atoms with Crippen LogP contribution in [0.25, 0.3) is 11.0 Å². The summed E-state index contributed by atoms with van der Waals surface area (Å²) in [7, 11) is -2.23. The van der Waals surface area contributed by atoms with Crippen molar-refractivity contribution in [3.63, 3.8) is 0 Å². The normalized spacial score (nSPS) is 11.3. The van der Waals surface area contributed by atoms with Crippen molar-refractivity contribution in [1.29, 1.82) is 0 Å². The number of amides is 2. The highest BCUT2D eigenvalue weighted by Gasteiger charge is 2.14. The number of carbonyl (C=O) groups excluding carboxylic acids is 2. The number of hydrogen-bond acceptors (Lipinski definition) is 6. The molecule has 2 aromatic carbocycles. The number of fused-ring (bicyclic) bond motifs is 1. The van der Waals surface area contributed by atoms with Crippen molar-refractivity contribution in [3.8, 4) is 0 Å². The minimum absolute atomic E-state index is 0.0199. The summed E-state index contributed by atoms with van der Waals surface area (Å²) in [5, 5.41) is 10.4. The number of carbonyl (C=O) groups is 2. The molecule has 0 unspecified atom stereocenters. The molecular formula is C22H25N5O5S. The van der Waals surface area contributed by atoms with Gasteiger partial charge < -0.3 is 10.6 Å². The van der Waals surface area contributed by atoms with Crippen LogP contribution in [0.2, 0.25) is 0 Å². The number of hydrogen-bond donors (Lipinski definition) is 3. The van der Waals surface area contributed by atoms with Gasteiger partial charge in [-0.05, 0) is 36.2 Å². The topological polar surface area (TPSA) is 153 Å². The Morgan fingerprint density at radius 1 is 1.03 bits per heavy atom. The van der Waals surface area contributed by atoms with Crippen molar-refractivity contribution < 1.29 is 18.0 Å². The summed E-state index contributed by atoms with van der Waals surface area (Å²) < 4.78 is 24.0. The second kappa shape index (κ2) is 10.4. The average Bonchev–Trinajstić information content (AvgIpc) is 2.79. The zero-order valence-electron chi connectivity index (χ0n) is 18.1. The van der Waals surface area contributed by atoms with E-state index in [0.29, 0.717) is 24.0 Å². The Morgan fingerprint density at radius 3 is 2.39 bits per heavy atom. The fraction of sp³-hybridized carbons (Fsp3) is 0.273. The Bertz CT molecular complexity index is 1330. The molecule has 4 N–H and O–H groups in total. The lowest BCUT2D eigenvalue weighted by atomic mass is 10.1. The van der Waals surface area contributed by atoms with Crippen molar-refractivity contribution in [1.82, 2.24) is 20.2 Å². The number of sulfonamides is 1. The number of para-hydroxylation sites is 2. The van der Waals surface area contributed by atoms with Crippen LogP contribution >= 0.6 is 0 Å². The Morgan fingerprint density at radius 2 is 1.73 bits per heavy atom. The quantitative estimate of drug-likeness (QED) is 0.402. The van der Waals surface area contributed by atoms with Gasteiger partial charge in [0.25, 0.3) is 5.56 Å². The van der Waals surface area contributed by atoms with E-state index in [-0.39, 0.29) is 41.8 Å². The molecule has 33 heavy (non-hydrogen) atoms. The van der Waals surface area contributed by atoms with Crippen LogP contribution < -0.4 is 21.3 Å². The Labute approximate surface area is 190 Å². The summed E-state index contributed by atoms with van der Waals surface area (Å²) in [5.41, 5.74) is 1.73. The van der Waals surface area contributed by atoms with Crippen LogP contribution in [0.4, 0.5) is 0 Å². The predicted octanol–water partition coefficient (Wildman–Crippen LogP) is 0.0814. The van der Waals surface area contributed by atoms with Gasteiger partial charge in [0.1, 0.15) is 12.2 Å². The number of nitrogens with one attached hydrogen (secondary N) is 2.